The molecule has 1 fully saturated rings. The monoisotopic (exact) mass is 213 g/mol. The van der Waals surface area contributed by atoms with E-state index in [0.717, 1.165) is 25.5 Å². The van der Waals surface area contributed by atoms with Crippen molar-refractivity contribution in [3.05, 3.63) is 5.51 Å². The van der Waals surface area contributed by atoms with E-state index in [1.807, 2.05) is 0 Å². The molecule has 1 aromatic heterocycles. The van der Waals surface area contributed by atoms with Gasteiger partial charge < -0.3 is 10.1 Å². The van der Waals surface area contributed by atoms with E-state index in [9.17, 15) is 0 Å². The Morgan fingerprint density at radius 2 is 2.64 bits per heavy atom. The Morgan fingerprint density at radius 1 is 1.64 bits per heavy atom. The van der Waals surface area contributed by atoms with Crippen molar-refractivity contribution in [1.82, 2.24) is 15.5 Å². The number of aromatic nitrogens is 2. The van der Waals surface area contributed by atoms with Crippen LogP contribution in [-0.4, -0.2) is 29.9 Å². The highest BCUT2D eigenvalue weighted by atomic mass is 32.1. The lowest BCUT2D eigenvalue weighted by Crippen LogP contribution is -2.30. The first kappa shape index (κ1) is 9.86. The number of hydrogen-bond acceptors (Lipinski definition) is 5. The van der Waals surface area contributed by atoms with Crippen molar-refractivity contribution < 1.29 is 4.74 Å². The molecule has 1 N–H and O–H groups in total. The molecule has 2 heterocycles. The zero-order chi connectivity index (χ0) is 9.64. The third-order valence-corrected chi connectivity index (χ3v) is 3.09. The molecule has 0 spiro atoms. The van der Waals surface area contributed by atoms with Crippen molar-refractivity contribution in [2.75, 3.05) is 19.7 Å². The summed E-state index contributed by atoms with van der Waals surface area (Å²) in [6.07, 6.45) is 3.74. The van der Waals surface area contributed by atoms with Gasteiger partial charge in [-0.25, -0.2) is 0 Å². The maximum absolute atomic E-state index is 5.47. The van der Waals surface area contributed by atoms with E-state index in [1.165, 1.54) is 30.7 Å². The van der Waals surface area contributed by atoms with Crippen LogP contribution in [0.4, 0.5) is 0 Å². The molecule has 1 unspecified atom stereocenters. The molecule has 0 amide bonds. The van der Waals surface area contributed by atoms with Gasteiger partial charge in [-0.15, -0.1) is 10.2 Å². The molecule has 0 aliphatic carbocycles. The summed E-state index contributed by atoms with van der Waals surface area (Å²) in [5.74, 6) is 0.775. The molecule has 0 radical (unpaired) electrons. The van der Waals surface area contributed by atoms with E-state index in [1.54, 1.807) is 5.51 Å². The number of piperidine rings is 1. The fraction of sp³-hybridized carbons (Fsp3) is 0.778. The first-order valence-electron chi connectivity index (χ1n) is 5.05. The van der Waals surface area contributed by atoms with Crippen LogP contribution < -0.4 is 10.1 Å². The molecule has 2 rings (SSSR count). The fourth-order valence-electron chi connectivity index (χ4n) is 1.71. The van der Waals surface area contributed by atoms with Crippen LogP contribution in [0.3, 0.4) is 0 Å². The summed E-state index contributed by atoms with van der Waals surface area (Å²) in [5.41, 5.74) is 1.69. The Bertz CT molecular complexity index is 247. The van der Waals surface area contributed by atoms with E-state index < -0.39 is 0 Å². The summed E-state index contributed by atoms with van der Waals surface area (Å²) in [7, 11) is 0. The standard InChI is InChI=1S/C9H15N3OS/c1-2-8(6-10-4-1)3-5-13-9-12-11-7-14-9/h7-8,10H,1-6H2. The highest BCUT2D eigenvalue weighted by molar-refractivity contribution is 7.11. The van der Waals surface area contributed by atoms with Crippen LogP contribution in [0.1, 0.15) is 19.3 Å². The largest absolute Gasteiger partial charge is 0.469 e. The summed E-state index contributed by atoms with van der Waals surface area (Å²) >= 11 is 1.45. The second kappa shape index (κ2) is 5.26. The Morgan fingerprint density at radius 3 is 3.36 bits per heavy atom. The average molecular weight is 213 g/mol. The van der Waals surface area contributed by atoms with Crippen LogP contribution in [0.25, 0.3) is 0 Å². The average Bonchev–Trinajstić information content (AvgIpc) is 2.72. The summed E-state index contributed by atoms with van der Waals surface area (Å²) < 4.78 is 5.47. The molecule has 1 saturated heterocycles. The Hall–Kier alpha value is -0.680. The van der Waals surface area contributed by atoms with Gasteiger partial charge in [0.05, 0.1) is 6.61 Å². The van der Waals surface area contributed by atoms with E-state index >= 15 is 0 Å². The van der Waals surface area contributed by atoms with Crippen LogP contribution in [-0.2, 0) is 0 Å². The predicted molar refractivity (Wildman–Crippen MR) is 55.6 cm³/mol. The summed E-state index contributed by atoms with van der Waals surface area (Å²) in [6, 6.07) is 0. The van der Waals surface area contributed by atoms with Gasteiger partial charge in [0.15, 0.2) is 0 Å². The Kier molecular flexibility index (Phi) is 3.71. The summed E-state index contributed by atoms with van der Waals surface area (Å²) in [5, 5.41) is 11.6. The lowest BCUT2D eigenvalue weighted by Gasteiger charge is -2.22. The molecule has 1 aliphatic heterocycles. The fourth-order valence-corrected chi connectivity index (χ4v) is 2.14. The Balaban J connectivity index is 1.62. The van der Waals surface area contributed by atoms with Gasteiger partial charge in [0.2, 0.25) is 0 Å². The maximum atomic E-state index is 5.47. The van der Waals surface area contributed by atoms with Crippen LogP contribution in [0, 0.1) is 5.92 Å². The van der Waals surface area contributed by atoms with Gasteiger partial charge in [-0.3, -0.25) is 0 Å². The summed E-state index contributed by atoms with van der Waals surface area (Å²) in [6.45, 7) is 3.08. The smallest absolute Gasteiger partial charge is 0.293 e. The highest BCUT2D eigenvalue weighted by Crippen LogP contribution is 2.16. The molecule has 78 valence electrons. The van der Waals surface area contributed by atoms with Gasteiger partial charge in [0.25, 0.3) is 5.19 Å². The van der Waals surface area contributed by atoms with Crippen molar-refractivity contribution >= 4 is 11.3 Å². The number of nitrogens with zero attached hydrogens (tertiary/aromatic N) is 2. The number of nitrogens with one attached hydrogen (secondary N) is 1. The Labute approximate surface area is 87.7 Å². The number of hydrogen-bond donors (Lipinski definition) is 1. The first-order valence-corrected chi connectivity index (χ1v) is 5.93. The van der Waals surface area contributed by atoms with Crippen molar-refractivity contribution in [3.63, 3.8) is 0 Å². The molecular formula is C9H15N3OS. The van der Waals surface area contributed by atoms with Crippen molar-refractivity contribution in [2.45, 2.75) is 19.3 Å². The predicted octanol–water partition coefficient (Wildman–Crippen LogP) is 1.31. The molecule has 14 heavy (non-hydrogen) atoms. The normalized spacial score (nSPS) is 22.1. The van der Waals surface area contributed by atoms with E-state index in [4.69, 9.17) is 4.74 Å². The second-order valence-electron chi connectivity index (χ2n) is 3.55. The van der Waals surface area contributed by atoms with Crippen molar-refractivity contribution in [3.8, 4) is 5.19 Å². The molecule has 5 heteroatoms. The van der Waals surface area contributed by atoms with Gasteiger partial charge in [-0.05, 0) is 38.3 Å². The van der Waals surface area contributed by atoms with E-state index in [2.05, 4.69) is 15.5 Å². The maximum Gasteiger partial charge on any atom is 0.293 e. The van der Waals surface area contributed by atoms with Crippen LogP contribution >= 0.6 is 11.3 Å². The zero-order valence-corrected chi connectivity index (χ0v) is 8.92. The lowest BCUT2D eigenvalue weighted by molar-refractivity contribution is 0.252. The minimum Gasteiger partial charge on any atom is -0.469 e. The van der Waals surface area contributed by atoms with Crippen LogP contribution in [0.15, 0.2) is 5.51 Å². The van der Waals surface area contributed by atoms with Crippen LogP contribution in [0.2, 0.25) is 0 Å². The number of ether oxygens (including phenoxy) is 1. The number of rotatable bonds is 4. The topological polar surface area (TPSA) is 47.0 Å². The van der Waals surface area contributed by atoms with E-state index in [-0.39, 0.29) is 0 Å². The highest BCUT2D eigenvalue weighted by Gasteiger charge is 2.12. The molecule has 1 atom stereocenters. The van der Waals surface area contributed by atoms with Gasteiger partial charge in [-0.1, -0.05) is 11.3 Å². The van der Waals surface area contributed by atoms with Crippen LogP contribution in [0.5, 0.6) is 5.19 Å². The van der Waals surface area contributed by atoms with Gasteiger partial charge in [0, 0.05) is 0 Å². The molecule has 0 bridgehead atoms. The third-order valence-electron chi connectivity index (χ3n) is 2.49. The minimum absolute atomic E-state index is 0.689. The SMILES string of the molecule is c1nnc(OCCC2CCCNC2)s1. The quantitative estimate of drug-likeness (QED) is 0.819. The first-order chi connectivity index (χ1) is 6.95. The molecular weight excluding hydrogens is 198 g/mol. The van der Waals surface area contributed by atoms with Crippen molar-refractivity contribution in [1.29, 1.82) is 0 Å². The van der Waals surface area contributed by atoms with Gasteiger partial charge >= 0.3 is 0 Å². The minimum atomic E-state index is 0.689. The van der Waals surface area contributed by atoms with Gasteiger partial charge in [-0.2, -0.15) is 0 Å². The van der Waals surface area contributed by atoms with Gasteiger partial charge in [0.1, 0.15) is 5.51 Å². The molecule has 0 aromatic carbocycles. The molecule has 0 saturated carbocycles. The lowest BCUT2D eigenvalue weighted by atomic mass is 9.97. The third kappa shape index (κ3) is 2.92. The second-order valence-corrected chi connectivity index (χ2v) is 4.35. The molecule has 4 nitrogen and oxygen atoms in total. The summed E-state index contributed by atoms with van der Waals surface area (Å²) in [4.78, 5) is 0. The van der Waals surface area contributed by atoms with Crippen molar-refractivity contribution in [2.24, 2.45) is 5.92 Å². The van der Waals surface area contributed by atoms with E-state index in [0.29, 0.717) is 5.19 Å². The zero-order valence-electron chi connectivity index (χ0n) is 8.11. The molecule has 1 aliphatic rings. The molecule has 1 aromatic rings.